The molecule has 0 radical (unpaired) electrons. The van der Waals surface area contributed by atoms with Gasteiger partial charge in [-0.05, 0) is 43.5 Å². The van der Waals surface area contributed by atoms with Gasteiger partial charge in [0.25, 0.3) is 0 Å². The fourth-order valence-electron chi connectivity index (χ4n) is 3.77. The lowest BCUT2D eigenvalue weighted by molar-refractivity contribution is -0.140. The highest BCUT2D eigenvalue weighted by Crippen LogP contribution is 2.21. The molecule has 2 aliphatic rings. The van der Waals surface area contributed by atoms with Crippen molar-refractivity contribution in [1.82, 2.24) is 9.80 Å². The van der Waals surface area contributed by atoms with Crippen LogP contribution < -0.4 is 4.90 Å². The topological polar surface area (TPSA) is 43.9 Å². The number of anilines is 1. The van der Waals surface area contributed by atoms with Crippen molar-refractivity contribution < 1.29 is 14.0 Å². The van der Waals surface area contributed by atoms with Gasteiger partial charge in [0.15, 0.2) is 0 Å². The number of hydrogen-bond acceptors (Lipinski definition) is 3. The molecule has 25 heavy (non-hydrogen) atoms. The molecule has 1 aromatic carbocycles. The van der Waals surface area contributed by atoms with Crippen LogP contribution in [0.4, 0.5) is 10.1 Å². The van der Waals surface area contributed by atoms with Crippen LogP contribution in [-0.4, -0.2) is 60.9 Å². The predicted molar refractivity (Wildman–Crippen MR) is 94.8 cm³/mol. The molecule has 2 heterocycles. The number of piperidine rings is 1. The first-order valence-corrected chi connectivity index (χ1v) is 9.09. The number of benzene rings is 1. The second-order valence-corrected chi connectivity index (χ2v) is 6.95. The quantitative estimate of drug-likeness (QED) is 0.823. The summed E-state index contributed by atoms with van der Waals surface area (Å²) >= 11 is 0. The number of carbonyl (C=O) groups is 2. The lowest BCUT2D eigenvalue weighted by atomic mass is 9.96. The van der Waals surface area contributed by atoms with E-state index in [0.29, 0.717) is 13.1 Å². The highest BCUT2D eigenvalue weighted by Gasteiger charge is 2.31. The van der Waals surface area contributed by atoms with Crippen LogP contribution in [0.15, 0.2) is 24.3 Å². The molecule has 2 fully saturated rings. The van der Waals surface area contributed by atoms with Crippen LogP contribution in [0.5, 0.6) is 0 Å². The van der Waals surface area contributed by atoms with E-state index in [1.807, 2.05) is 4.90 Å². The SMILES string of the molecule is CC(=O)N1CCC[C@H](C(=O)N2CCCN(c3ccc(F)cc3)CC2)C1. The third-order valence-electron chi connectivity index (χ3n) is 5.22. The average Bonchev–Trinajstić information content (AvgIpc) is 2.88. The summed E-state index contributed by atoms with van der Waals surface area (Å²) in [5.41, 5.74) is 0.996. The van der Waals surface area contributed by atoms with E-state index >= 15 is 0 Å². The molecule has 2 aliphatic heterocycles. The van der Waals surface area contributed by atoms with Crippen LogP contribution in [0, 0.1) is 11.7 Å². The number of carbonyl (C=O) groups excluding carboxylic acids is 2. The molecule has 136 valence electrons. The number of hydrogen-bond donors (Lipinski definition) is 0. The Labute approximate surface area is 148 Å². The molecular formula is C19H26FN3O2. The van der Waals surface area contributed by atoms with Crippen LogP contribution in [0.3, 0.4) is 0 Å². The molecule has 0 aromatic heterocycles. The monoisotopic (exact) mass is 347 g/mol. The van der Waals surface area contributed by atoms with E-state index in [2.05, 4.69) is 4.90 Å². The van der Waals surface area contributed by atoms with Gasteiger partial charge in [0, 0.05) is 51.9 Å². The Morgan fingerprint density at radius 2 is 1.68 bits per heavy atom. The Hall–Kier alpha value is -2.11. The van der Waals surface area contributed by atoms with Gasteiger partial charge in [-0.1, -0.05) is 0 Å². The molecule has 1 atom stereocenters. The summed E-state index contributed by atoms with van der Waals surface area (Å²) in [7, 11) is 0. The summed E-state index contributed by atoms with van der Waals surface area (Å²) in [5.74, 6) is -0.0829. The van der Waals surface area contributed by atoms with Crippen LogP contribution in [0.25, 0.3) is 0 Å². The van der Waals surface area contributed by atoms with Gasteiger partial charge < -0.3 is 14.7 Å². The zero-order valence-electron chi connectivity index (χ0n) is 14.8. The van der Waals surface area contributed by atoms with Crippen molar-refractivity contribution >= 4 is 17.5 Å². The lowest BCUT2D eigenvalue weighted by Gasteiger charge is -2.34. The van der Waals surface area contributed by atoms with Gasteiger partial charge in [-0.15, -0.1) is 0 Å². The maximum absolute atomic E-state index is 13.1. The van der Waals surface area contributed by atoms with Gasteiger partial charge >= 0.3 is 0 Å². The van der Waals surface area contributed by atoms with Gasteiger partial charge in [-0.2, -0.15) is 0 Å². The Morgan fingerprint density at radius 3 is 2.40 bits per heavy atom. The smallest absolute Gasteiger partial charge is 0.227 e. The average molecular weight is 347 g/mol. The minimum atomic E-state index is -0.234. The molecule has 3 rings (SSSR count). The zero-order valence-corrected chi connectivity index (χ0v) is 14.8. The predicted octanol–water partition coefficient (Wildman–Crippen LogP) is 2.12. The summed E-state index contributed by atoms with van der Waals surface area (Å²) in [6.45, 7) is 5.91. The van der Waals surface area contributed by atoms with Crippen molar-refractivity contribution in [1.29, 1.82) is 0 Å². The van der Waals surface area contributed by atoms with Crippen molar-refractivity contribution in [2.24, 2.45) is 5.92 Å². The van der Waals surface area contributed by atoms with Gasteiger partial charge in [-0.25, -0.2) is 4.39 Å². The molecule has 0 bridgehead atoms. The Bertz CT molecular complexity index is 620. The highest BCUT2D eigenvalue weighted by molar-refractivity contribution is 5.81. The first-order valence-electron chi connectivity index (χ1n) is 9.09. The summed E-state index contributed by atoms with van der Waals surface area (Å²) in [5, 5.41) is 0. The van der Waals surface area contributed by atoms with E-state index in [0.717, 1.165) is 51.1 Å². The molecule has 2 amide bonds. The summed E-state index contributed by atoms with van der Waals surface area (Å²) in [4.78, 5) is 30.4. The van der Waals surface area contributed by atoms with Gasteiger partial charge in [0.1, 0.15) is 5.82 Å². The summed E-state index contributed by atoms with van der Waals surface area (Å²) in [6.07, 6.45) is 2.65. The van der Waals surface area contributed by atoms with E-state index < -0.39 is 0 Å². The van der Waals surface area contributed by atoms with Crippen molar-refractivity contribution in [3.63, 3.8) is 0 Å². The minimum Gasteiger partial charge on any atom is -0.370 e. The van der Waals surface area contributed by atoms with Crippen molar-refractivity contribution in [2.75, 3.05) is 44.2 Å². The molecule has 0 spiro atoms. The molecule has 0 N–H and O–H groups in total. The first kappa shape index (κ1) is 17.7. The summed E-state index contributed by atoms with van der Waals surface area (Å²) in [6, 6.07) is 6.53. The third-order valence-corrected chi connectivity index (χ3v) is 5.22. The van der Waals surface area contributed by atoms with Crippen LogP contribution in [-0.2, 0) is 9.59 Å². The van der Waals surface area contributed by atoms with Crippen LogP contribution >= 0.6 is 0 Å². The van der Waals surface area contributed by atoms with E-state index in [9.17, 15) is 14.0 Å². The molecule has 0 unspecified atom stereocenters. The number of amides is 2. The Morgan fingerprint density at radius 1 is 0.960 bits per heavy atom. The number of nitrogens with zero attached hydrogens (tertiary/aromatic N) is 3. The fraction of sp³-hybridized carbons (Fsp3) is 0.579. The van der Waals surface area contributed by atoms with Crippen LogP contribution in [0.1, 0.15) is 26.2 Å². The molecule has 5 nitrogen and oxygen atoms in total. The van der Waals surface area contributed by atoms with Crippen molar-refractivity contribution in [3.8, 4) is 0 Å². The first-order chi connectivity index (χ1) is 12.0. The Kier molecular flexibility index (Phi) is 5.56. The van der Waals surface area contributed by atoms with Gasteiger partial charge in [-0.3, -0.25) is 9.59 Å². The van der Waals surface area contributed by atoms with E-state index in [4.69, 9.17) is 0 Å². The van der Waals surface area contributed by atoms with Gasteiger partial charge in [0.2, 0.25) is 11.8 Å². The van der Waals surface area contributed by atoms with E-state index in [1.165, 1.54) is 12.1 Å². The maximum atomic E-state index is 13.1. The number of rotatable bonds is 2. The highest BCUT2D eigenvalue weighted by atomic mass is 19.1. The second kappa shape index (κ2) is 7.85. The second-order valence-electron chi connectivity index (χ2n) is 6.95. The number of likely N-dealkylation sites (tertiary alicyclic amines) is 1. The lowest BCUT2D eigenvalue weighted by Crippen LogP contribution is -2.47. The van der Waals surface area contributed by atoms with Crippen LogP contribution in [0.2, 0.25) is 0 Å². The standard InChI is InChI=1S/C19H26FN3O2/c1-15(24)23-9-2-4-16(14-23)19(25)22-11-3-10-21(12-13-22)18-7-5-17(20)6-8-18/h5-8,16H,2-4,9-14H2,1H3/t16-/m0/s1. The van der Waals surface area contributed by atoms with E-state index in [-0.39, 0.29) is 23.5 Å². The largest absolute Gasteiger partial charge is 0.370 e. The zero-order chi connectivity index (χ0) is 17.8. The minimum absolute atomic E-state index is 0.0517. The fourth-order valence-corrected chi connectivity index (χ4v) is 3.77. The van der Waals surface area contributed by atoms with Crippen molar-refractivity contribution in [3.05, 3.63) is 30.1 Å². The third kappa shape index (κ3) is 4.30. The van der Waals surface area contributed by atoms with Crippen molar-refractivity contribution in [2.45, 2.75) is 26.2 Å². The molecular weight excluding hydrogens is 321 g/mol. The molecule has 6 heteroatoms. The normalized spacial score (nSPS) is 21.8. The summed E-state index contributed by atoms with van der Waals surface area (Å²) < 4.78 is 13.1. The maximum Gasteiger partial charge on any atom is 0.227 e. The molecule has 0 aliphatic carbocycles. The molecule has 1 aromatic rings. The Balaban J connectivity index is 1.59. The molecule has 0 saturated carbocycles. The van der Waals surface area contributed by atoms with E-state index in [1.54, 1.807) is 24.0 Å². The number of halogens is 1. The molecule has 2 saturated heterocycles. The van der Waals surface area contributed by atoms with Gasteiger partial charge in [0.05, 0.1) is 5.92 Å².